The largest absolute Gasteiger partial charge is 0.368 e. The molecular formula is C13H21N3O3. The smallest absolute Gasteiger partial charge is 0.242 e. The standard InChI is InChI=1S/C13H21N3O3/c14-13(19)10-5-4-8-16(10)12(18)9-15-7-3-1-2-6-11(15)17/h10H,1-9H2,(H2,14,19)/t10-/m0/s1. The third-order valence-corrected chi connectivity index (χ3v) is 3.90. The van der Waals surface area contributed by atoms with Gasteiger partial charge in [-0.3, -0.25) is 14.4 Å². The fourth-order valence-electron chi connectivity index (χ4n) is 2.82. The van der Waals surface area contributed by atoms with Crippen molar-refractivity contribution in [3.63, 3.8) is 0 Å². The van der Waals surface area contributed by atoms with E-state index in [2.05, 4.69) is 0 Å². The summed E-state index contributed by atoms with van der Waals surface area (Å²) in [7, 11) is 0. The molecule has 6 heteroatoms. The maximum absolute atomic E-state index is 12.2. The van der Waals surface area contributed by atoms with Crippen LogP contribution >= 0.6 is 0 Å². The molecule has 0 aliphatic carbocycles. The SMILES string of the molecule is NC(=O)[C@@H]1CCCN1C(=O)CN1CCCCCC1=O. The van der Waals surface area contributed by atoms with E-state index in [0.29, 0.717) is 25.9 Å². The zero-order valence-electron chi connectivity index (χ0n) is 11.1. The van der Waals surface area contributed by atoms with Gasteiger partial charge in [0.15, 0.2) is 0 Å². The van der Waals surface area contributed by atoms with Crippen LogP contribution in [0.2, 0.25) is 0 Å². The summed E-state index contributed by atoms with van der Waals surface area (Å²) in [6.07, 6.45) is 4.83. The Kier molecular flexibility index (Phi) is 4.39. The molecule has 0 aromatic heterocycles. The fourth-order valence-corrected chi connectivity index (χ4v) is 2.82. The number of amides is 3. The van der Waals surface area contributed by atoms with Gasteiger partial charge in [0.05, 0.1) is 6.54 Å². The van der Waals surface area contributed by atoms with Crippen LogP contribution < -0.4 is 5.73 Å². The molecule has 6 nitrogen and oxygen atoms in total. The second-order valence-corrected chi connectivity index (χ2v) is 5.27. The van der Waals surface area contributed by atoms with Crippen LogP contribution in [-0.4, -0.2) is 53.2 Å². The van der Waals surface area contributed by atoms with E-state index in [9.17, 15) is 14.4 Å². The van der Waals surface area contributed by atoms with Crippen molar-refractivity contribution in [2.75, 3.05) is 19.6 Å². The van der Waals surface area contributed by atoms with Crippen LogP contribution in [0.4, 0.5) is 0 Å². The van der Waals surface area contributed by atoms with Gasteiger partial charge in [-0.15, -0.1) is 0 Å². The van der Waals surface area contributed by atoms with Crippen molar-refractivity contribution in [2.24, 2.45) is 5.73 Å². The molecule has 2 N–H and O–H groups in total. The number of nitrogens with two attached hydrogens (primary N) is 1. The van der Waals surface area contributed by atoms with Gasteiger partial charge in [-0.1, -0.05) is 6.42 Å². The molecule has 2 saturated heterocycles. The highest BCUT2D eigenvalue weighted by Crippen LogP contribution is 2.18. The zero-order chi connectivity index (χ0) is 13.8. The Morgan fingerprint density at radius 1 is 1.16 bits per heavy atom. The van der Waals surface area contributed by atoms with Crippen LogP contribution in [0, 0.1) is 0 Å². The highest BCUT2D eigenvalue weighted by atomic mass is 16.2. The molecule has 0 aromatic carbocycles. The van der Waals surface area contributed by atoms with E-state index in [1.54, 1.807) is 4.90 Å². The second-order valence-electron chi connectivity index (χ2n) is 5.27. The van der Waals surface area contributed by atoms with Crippen molar-refractivity contribution in [1.29, 1.82) is 0 Å². The highest BCUT2D eigenvalue weighted by molar-refractivity contribution is 5.90. The molecule has 19 heavy (non-hydrogen) atoms. The molecule has 2 fully saturated rings. The lowest BCUT2D eigenvalue weighted by atomic mass is 10.2. The van der Waals surface area contributed by atoms with Crippen molar-refractivity contribution in [2.45, 2.75) is 44.6 Å². The fraction of sp³-hybridized carbons (Fsp3) is 0.769. The van der Waals surface area contributed by atoms with Crippen molar-refractivity contribution in [3.8, 4) is 0 Å². The van der Waals surface area contributed by atoms with Crippen molar-refractivity contribution >= 4 is 17.7 Å². The summed E-state index contributed by atoms with van der Waals surface area (Å²) in [5.74, 6) is -0.565. The van der Waals surface area contributed by atoms with Gasteiger partial charge in [0.25, 0.3) is 0 Å². The Morgan fingerprint density at radius 3 is 2.68 bits per heavy atom. The normalized spacial score (nSPS) is 24.4. The Hall–Kier alpha value is -1.59. The van der Waals surface area contributed by atoms with Crippen molar-refractivity contribution < 1.29 is 14.4 Å². The van der Waals surface area contributed by atoms with Crippen LogP contribution in [0.15, 0.2) is 0 Å². The van der Waals surface area contributed by atoms with Gasteiger partial charge in [-0.05, 0) is 25.7 Å². The van der Waals surface area contributed by atoms with Gasteiger partial charge in [-0.25, -0.2) is 0 Å². The molecule has 0 aromatic rings. The first-order chi connectivity index (χ1) is 9.09. The average Bonchev–Trinajstić information content (AvgIpc) is 2.78. The number of carbonyl (C=O) groups is 3. The maximum atomic E-state index is 12.2. The summed E-state index contributed by atoms with van der Waals surface area (Å²) in [4.78, 5) is 38.5. The van der Waals surface area contributed by atoms with Gasteiger partial charge >= 0.3 is 0 Å². The average molecular weight is 267 g/mol. The first-order valence-electron chi connectivity index (χ1n) is 6.96. The number of hydrogen-bond acceptors (Lipinski definition) is 3. The van der Waals surface area contributed by atoms with Crippen LogP contribution in [0.1, 0.15) is 38.5 Å². The third-order valence-electron chi connectivity index (χ3n) is 3.90. The minimum Gasteiger partial charge on any atom is -0.368 e. The van der Waals surface area contributed by atoms with Gasteiger partial charge in [0, 0.05) is 19.5 Å². The molecule has 0 unspecified atom stereocenters. The molecule has 106 valence electrons. The van der Waals surface area contributed by atoms with E-state index in [0.717, 1.165) is 25.7 Å². The van der Waals surface area contributed by atoms with Crippen molar-refractivity contribution in [3.05, 3.63) is 0 Å². The number of rotatable bonds is 3. The number of primary amides is 1. The van der Waals surface area contributed by atoms with Crippen LogP contribution in [-0.2, 0) is 14.4 Å². The van der Waals surface area contributed by atoms with E-state index < -0.39 is 11.9 Å². The summed E-state index contributed by atoms with van der Waals surface area (Å²) in [5, 5.41) is 0. The third kappa shape index (κ3) is 3.24. The number of carbonyl (C=O) groups excluding carboxylic acids is 3. The first-order valence-corrected chi connectivity index (χ1v) is 6.96. The summed E-state index contributed by atoms with van der Waals surface area (Å²) in [6, 6.07) is -0.491. The van der Waals surface area contributed by atoms with E-state index in [1.807, 2.05) is 0 Å². The van der Waals surface area contributed by atoms with E-state index in [4.69, 9.17) is 5.73 Å². The maximum Gasteiger partial charge on any atom is 0.242 e. The predicted molar refractivity (Wildman–Crippen MR) is 69.0 cm³/mol. The lowest BCUT2D eigenvalue weighted by Gasteiger charge is -2.26. The minimum absolute atomic E-state index is 0.0423. The van der Waals surface area contributed by atoms with Crippen LogP contribution in [0.3, 0.4) is 0 Å². The van der Waals surface area contributed by atoms with E-state index in [-0.39, 0.29) is 18.4 Å². The molecule has 3 amide bonds. The molecule has 1 atom stereocenters. The van der Waals surface area contributed by atoms with Gasteiger partial charge in [0.2, 0.25) is 17.7 Å². The minimum atomic E-state index is -0.491. The Labute approximate surface area is 112 Å². The predicted octanol–water partition coefficient (Wildman–Crippen LogP) is -0.135. The molecule has 2 aliphatic rings. The Balaban J connectivity index is 1.96. The molecule has 0 bridgehead atoms. The summed E-state index contributed by atoms with van der Waals surface area (Å²) in [5.41, 5.74) is 5.30. The van der Waals surface area contributed by atoms with E-state index in [1.165, 1.54) is 4.90 Å². The first kappa shape index (κ1) is 13.8. The van der Waals surface area contributed by atoms with Gasteiger partial charge in [-0.2, -0.15) is 0 Å². The quantitative estimate of drug-likeness (QED) is 0.772. The van der Waals surface area contributed by atoms with Gasteiger partial charge < -0.3 is 15.5 Å². The molecule has 0 spiro atoms. The number of likely N-dealkylation sites (tertiary alicyclic amines) is 2. The summed E-state index contributed by atoms with van der Waals surface area (Å²) < 4.78 is 0. The Bertz CT molecular complexity index is 383. The molecule has 2 rings (SSSR count). The zero-order valence-corrected chi connectivity index (χ0v) is 11.1. The molecule has 0 radical (unpaired) electrons. The van der Waals surface area contributed by atoms with Gasteiger partial charge in [0.1, 0.15) is 6.04 Å². The summed E-state index contributed by atoms with van der Waals surface area (Å²) >= 11 is 0. The molecule has 2 heterocycles. The topological polar surface area (TPSA) is 83.7 Å². The molecule has 2 aliphatic heterocycles. The van der Waals surface area contributed by atoms with Crippen LogP contribution in [0.25, 0.3) is 0 Å². The number of nitrogens with zero attached hydrogens (tertiary/aromatic N) is 2. The summed E-state index contributed by atoms with van der Waals surface area (Å²) in [6.45, 7) is 1.29. The van der Waals surface area contributed by atoms with Crippen molar-refractivity contribution in [1.82, 2.24) is 9.80 Å². The second kappa shape index (κ2) is 6.04. The molecule has 0 saturated carbocycles. The Morgan fingerprint density at radius 2 is 1.95 bits per heavy atom. The molecular weight excluding hydrogens is 246 g/mol. The lowest BCUT2D eigenvalue weighted by molar-refractivity contribution is -0.142. The van der Waals surface area contributed by atoms with Crippen LogP contribution in [0.5, 0.6) is 0 Å². The monoisotopic (exact) mass is 267 g/mol. The van der Waals surface area contributed by atoms with E-state index >= 15 is 0 Å². The lowest BCUT2D eigenvalue weighted by Crippen LogP contribution is -2.48. The highest BCUT2D eigenvalue weighted by Gasteiger charge is 2.33. The number of hydrogen-bond donors (Lipinski definition) is 1.